The minimum absolute atomic E-state index is 0.113. The van der Waals surface area contributed by atoms with Crippen LogP contribution in [0.4, 0.5) is 0 Å². The van der Waals surface area contributed by atoms with Gasteiger partial charge < -0.3 is 14.2 Å². The summed E-state index contributed by atoms with van der Waals surface area (Å²) in [4.78, 5) is 22.9. The van der Waals surface area contributed by atoms with Crippen LogP contribution in [-0.2, 0) is 23.8 Å². The number of carbonyl (C=O) groups is 2. The van der Waals surface area contributed by atoms with Crippen molar-refractivity contribution in [3.8, 4) is 0 Å². The highest BCUT2D eigenvalue weighted by Crippen LogP contribution is 2.04. The van der Waals surface area contributed by atoms with Crippen molar-refractivity contribution in [2.75, 3.05) is 39.6 Å². The summed E-state index contributed by atoms with van der Waals surface area (Å²) in [6, 6.07) is 0. The van der Waals surface area contributed by atoms with Crippen LogP contribution >= 0.6 is 0 Å². The van der Waals surface area contributed by atoms with Crippen LogP contribution in [0.3, 0.4) is 0 Å². The molecule has 0 heterocycles. The third-order valence-electron chi connectivity index (χ3n) is 3.48. The first-order valence-electron chi connectivity index (χ1n) is 9.21. The largest absolute Gasteiger partial charge is 0.379 e. The maximum Gasteiger partial charge on any atom is 0.135 e. The summed E-state index contributed by atoms with van der Waals surface area (Å²) in [5, 5.41) is 0. The molecule has 0 saturated carbocycles. The standard InChI is InChI=1S/C19H36O5/c1-16(2)15-18(20)7-5-9-22-11-13-24-14-12-23-10-6-8-19(21)17(3)4/h16-17H,5-15H2,1-4H3. The van der Waals surface area contributed by atoms with E-state index in [1.807, 2.05) is 13.8 Å². The lowest BCUT2D eigenvalue weighted by molar-refractivity contribution is -0.122. The minimum atomic E-state index is 0.113. The van der Waals surface area contributed by atoms with Gasteiger partial charge in [-0.3, -0.25) is 9.59 Å². The van der Waals surface area contributed by atoms with E-state index in [-0.39, 0.29) is 11.7 Å². The molecular weight excluding hydrogens is 308 g/mol. The Morgan fingerprint density at radius 2 is 1.17 bits per heavy atom. The lowest BCUT2D eigenvalue weighted by Gasteiger charge is -2.07. The lowest BCUT2D eigenvalue weighted by atomic mass is 10.0. The molecule has 0 fully saturated rings. The monoisotopic (exact) mass is 344 g/mol. The molecule has 0 aromatic heterocycles. The molecule has 0 unspecified atom stereocenters. The Bertz CT molecular complexity index is 326. The van der Waals surface area contributed by atoms with Crippen LogP contribution in [0, 0.1) is 11.8 Å². The van der Waals surface area contributed by atoms with Gasteiger partial charge in [-0.25, -0.2) is 0 Å². The first kappa shape index (κ1) is 23.2. The van der Waals surface area contributed by atoms with Gasteiger partial charge in [0.1, 0.15) is 11.6 Å². The number of ketones is 2. The fourth-order valence-corrected chi connectivity index (χ4v) is 2.11. The van der Waals surface area contributed by atoms with E-state index in [2.05, 4.69) is 13.8 Å². The molecule has 0 saturated heterocycles. The van der Waals surface area contributed by atoms with Crippen molar-refractivity contribution in [1.29, 1.82) is 0 Å². The number of Topliss-reactive ketones (excluding diaryl/α,β-unsaturated/α-hetero) is 2. The number of hydrogen-bond donors (Lipinski definition) is 0. The quantitative estimate of drug-likeness (QED) is 0.378. The summed E-state index contributed by atoms with van der Waals surface area (Å²) < 4.78 is 16.2. The number of ether oxygens (including phenoxy) is 3. The van der Waals surface area contributed by atoms with Crippen LogP contribution in [0.2, 0.25) is 0 Å². The topological polar surface area (TPSA) is 61.8 Å². The number of carbonyl (C=O) groups excluding carboxylic acids is 2. The lowest BCUT2D eigenvalue weighted by Crippen LogP contribution is -2.12. The fraction of sp³-hybridized carbons (Fsp3) is 0.895. The smallest absolute Gasteiger partial charge is 0.135 e. The molecule has 0 aromatic carbocycles. The maximum atomic E-state index is 11.5. The van der Waals surface area contributed by atoms with E-state index in [0.717, 1.165) is 12.8 Å². The number of rotatable bonds is 17. The Morgan fingerprint density at radius 1 is 0.708 bits per heavy atom. The summed E-state index contributed by atoms with van der Waals surface area (Å²) in [6.45, 7) is 11.3. The predicted octanol–water partition coefficient (Wildman–Crippen LogP) is 3.44. The molecule has 0 aliphatic carbocycles. The summed E-state index contributed by atoms with van der Waals surface area (Å²) >= 11 is 0. The SMILES string of the molecule is CC(C)CC(=O)CCCOCCOCCOCCCC(=O)C(C)C. The molecule has 0 bridgehead atoms. The van der Waals surface area contributed by atoms with E-state index in [0.29, 0.717) is 70.6 Å². The van der Waals surface area contributed by atoms with Crippen molar-refractivity contribution in [1.82, 2.24) is 0 Å². The van der Waals surface area contributed by atoms with Crippen molar-refractivity contribution in [2.45, 2.75) is 59.8 Å². The second kappa shape index (κ2) is 15.7. The normalized spacial score (nSPS) is 11.4. The molecule has 0 aromatic rings. The van der Waals surface area contributed by atoms with E-state index < -0.39 is 0 Å². The van der Waals surface area contributed by atoms with Gasteiger partial charge in [-0.15, -0.1) is 0 Å². The molecule has 24 heavy (non-hydrogen) atoms. The highest BCUT2D eigenvalue weighted by molar-refractivity contribution is 5.80. The van der Waals surface area contributed by atoms with Crippen molar-refractivity contribution < 1.29 is 23.8 Å². The van der Waals surface area contributed by atoms with Gasteiger partial charge in [0.2, 0.25) is 0 Å². The molecule has 0 aliphatic heterocycles. The van der Waals surface area contributed by atoms with Crippen molar-refractivity contribution >= 4 is 11.6 Å². The molecule has 0 radical (unpaired) electrons. The van der Waals surface area contributed by atoms with Crippen molar-refractivity contribution in [2.24, 2.45) is 11.8 Å². The summed E-state index contributed by atoms with van der Waals surface area (Å²) in [6.07, 6.45) is 3.41. The number of hydrogen-bond acceptors (Lipinski definition) is 5. The first-order valence-corrected chi connectivity index (χ1v) is 9.21. The van der Waals surface area contributed by atoms with Crippen LogP contribution in [0.1, 0.15) is 59.8 Å². The maximum absolute atomic E-state index is 11.5. The van der Waals surface area contributed by atoms with Crippen LogP contribution in [0.25, 0.3) is 0 Å². The Balaban J connectivity index is 3.18. The molecule has 0 spiro atoms. The average molecular weight is 344 g/mol. The van der Waals surface area contributed by atoms with Gasteiger partial charge >= 0.3 is 0 Å². The third kappa shape index (κ3) is 16.1. The zero-order chi connectivity index (χ0) is 18.2. The zero-order valence-corrected chi connectivity index (χ0v) is 16.0. The predicted molar refractivity (Wildman–Crippen MR) is 95.2 cm³/mol. The van der Waals surface area contributed by atoms with Gasteiger partial charge in [0.05, 0.1) is 26.4 Å². The van der Waals surface area contributed by atoms with Crippen LogP contribution < -0.4 is 0 Å². The second-order valence-electron chi connectivity index (χ2n) is 6.80. The van der Waals surface area contributed by atoms with Gasteiger partial charge in [0.25, 0.3) is 0 Å². The molecule has 0 aliphatic rings. The van der Waals surface area contributed by atoms with Gasteiger partial charge in [-0.2, -0.15) is 0 Å². The van der Waals surface area contributed by atoms with Gasteiger partial charge in [-0.05, 0) is 18.8 Å². The molecular formula is C19H36O5. The van der Waals surface area contributed by atoms with Crippen molar-refractivity contribution in [3.63, 3.8) is 0 Å². The summed E-state index contributed by atoms with van der Waals surface area (Å²) in [5.74, 6) is 1.15. The van der Waals surface area contributed by atoms with E-state index in [1.54, 1.807) is 0 Å². The van der Waals surface area contributed by atoms with E-state index >= 15 is 0 Å². The van der Waals surface area contributed by atoms with Gasteiger partial charge in [0.15, 0.2) is 0 Å². The van der Waals surface area contributed by atoms with Gasteiger partial charge in [-0.1, -0.05) is 27.7 Å². The molecule has 0 amide bonds. The summed E-state index contributed by atoms with van der Waals surface area (Å²) in [7, 11) is 0. The molecule has 0 atom stereocenters. The highest BCUT2D eigenvalue weighted by Gasteiger charge is 2.06. The second-order valence-corrected chi connectivity index (χ2v) is 6.80. The van der Waals surface area contributed by atoms with Crippen molar-refractivity contribution in [3.05, 3.63) is 0 Å². The van der Waals surface area contributed by atoms with E-state index in [9.17, 15) is 9.59 Å². The third-order valence-corrected chi connectivity index (χ3v) is 3.48. The van der Waals surface area contributed by atoms with Gasteiger partial charge in [0, 0.05) is 38.4 Å². The zero-order valence-electron chi connectivity index (χ0n) is 16.0. The Hall–Kier alpha value is -0.780. The van der Waals surface area contributed by atoms with Crippen LogP contribution in [-0.4, -0.2) is 51.2 Å². The molecule has 5 nitrogen and oxygen atoms in total. The molecule has 5 heteroatoms. The Kier molecular flexibility index (Phi) is 15.2. The molecule has 0 rings (SSSR count). The van der Waals surface area contributed by atoms with E-state index in [1.165, 1.54) is 0 Å². The Morgan fingerprint density at radius 3 is 1.62 bits per heavy atom. The first-order chi connectivity index (χ1) is 11.4. The Labute approximate surface area is 147 Å². The summed E-state index contributed by atoms with van der Waals surface area (Å²) in [5.41, 5.74) is 0. The van der Waals surface area contributed by atoms with Crippen LogP contribution in [0.5, 0.6) is 0 Å². The minimum Gasteiger partial charge on any atom is -0.379 e. The average Bonchev–Trinajstić information content (AvgIpc) is 2.50. The van der Waals surface area contributed by atoms with E-state index in [4.69, 9.17) is 14.2 Å². The fourth-order valence-electron chi connectivity index (χ4n) is 2.11. The van der Waals surface area contributed by atoms with Crippen LogP contribution in [0.15, 0.2) is 0 Å². The molecule has 0 N–H and O–H groups in total. The highest BCUT2D eigenvalue weighted by atomic mass is 16.5. The molecule has 142 valence electrons.